The summed E-state index contributed by atoms with van der Waals surface area (Å²) in [6.45, 7) is 2.05. The monoisotopic (exact) mass is 273 g/mol. The van der Waals surface area contributed by atoms with E-state index < -0.39 is 12.0 Å². The minimum Gasteiger partial charge on any atom is -0.478 e. The molecule has 3 N–H and O–H groups in total. The number of rotatable bonds is 5. The van der Waals surface area contributed by atoms with E-state index in [1.165, 1.54) is 12.1 Å². The first-order chi connectivity index (χ1) is 8.04. The molecule has 100 valence electrons. The Morgan fingerprint density at radius 3 is 2.33 bits per heavy atom. The normalized spacial score (nSPS) is 11.2. The summed E-state index contributed by atoms with van der Waals surface area (Å²) < 4.78 is 4.78. The van der Waals surface area contributed by atoms with Gasteiger partial charge >= 0.3 is 11.9 Å². The molecule has 0 bridgehead atoms. The van der Waals surface area contributed by atoms with Gasteiger partial charge in [-0.05, 0) is 24.6 Å². The number of carboxylic acid groups (broad SMARTS) is 1. The van der Waals surface area contributed by atoms with Crippen LogP contribution in [0.25, 0.3) is 0 Å². The van der Waals surface area contributed by atoms with E-state index in [0.29, 0.717) is 12.2 Å². The van der Waals surface area contributed by atoms with Gasteiger partial charge in [0.2, 0.25) is 0 Å². The third kappa shape index (κ3) is 4.73. The molecule has 0 aromatic heterocycles. The van der Waals surface area contributed by atoms with E-state index in [0.717, 1.165) is 0 Å². The molecule has 0 fully saturated rings. The zero-order valence-corrected chi connectivity index (χ0v) is 10.8. The fourth-order valence-electron chi connectivity index (χ4n) is 1.39. The van der Waals surface area contributed by atoms with Crippen molar-refractivity contribution in [3.63, 3.8) is 0 Å². The van der Waals surface area contributed by atoms with Crippen molar-refractivity contribution in [2.75, 3.05) is 6.61 Å². The summed E-state index contributed by atoms with van der Waals surface area (Å²) in [4.78, 5) is 21.8. The van der Waals surface area contributed by atoms with Crippen molar-refractivity contribution in [1.29, 1.82) is 0 Å². The molecular formula is C12H16ClNO4. The Kier molecular flexibility index (Phi) is 7.00. The molecular weight excluding hydrogens is 258 g/mol. The molecule has 0 aliphatic carbocycles. The summed E-state index contributed by atoms with van der Waals surface area (Å²) in [5.41, 5.74) is 6.71. The lowest BCUT2D eigenvalue weighted by molar-refractivity contribution is -0.143. The SMILES string of the molecule is CCOC(=O)C[C@H](N)c1ccc(C(=O)O)cc1.Cl. The van der Waals surface area contributed by atoms with E-state index in [4.69, 9.17) is 15.6 Å². The standard InChI is InChI=1S/C12H15NO4.ClH/c1-2-17-11(14)7-10(13)8-3-5-9(6-4-8)12(15)16;/h3-6,10H,2,7,13H2,1H3,(H,15,16);1H/t10-;/m0./s1. The second-order valence-electron chi connectivity index (χ2n) is 3.54. The van der Waals surface area contributed by atoms with Gasteiger partial charge in [-0.15, -0.1) is 12.4 Å². The molecule has 5 nitrogen and oxygen atoms in total. The van der Waals surface area contributed by atoms with Crippen LogP contribution in [0, 0.1) is 0 Å². The molecule has 0 heterocycles. The molecule has 0 amide bonds. The van der Waals surface area contributed by atoms with E-state index >= 15 is 0 Å². The number of hydrogen-bond donors (Lipinski definition) is 2. The van der Waals surface area contributed by atoms with Crippen LogP contribution in [0.4, 0.5) is 0 Å². The van der Waals surface area contributed by atoms with Gasteiger partial charge in [0.25, 0.3) is 0 Å². The Hall–Kier alpha value is -1.59. The van der Waals surface area contributed by atoms with Crippen LogP contribution in [0.5, 0.6) is 0 Å². The number of carbonyl (C=O) groups is 2. The van der Waals surface area contributed by atoms with Crippen LogP contribution >= 0.6 is 12.4 Å². The minimum absolute atomic E-state index is 0. The second kappa shape index (κ2) is 7.68. The van der Waals surface area contributed by atoms with Gasteiger partial charge in [0.15, 0.2) is 0 Å². The Bertz CT molecular complexity index is 405. The topological polar surface area (TPSA) is 89.6 Å². The summed E-state index contributed by atoms with van der Waals surface area (Å²) in [7, 11) is 0. The predicted octanol–water partition coefficient (Wildman–Crippen LogP) is 1.76. The van der Waals surface area contributed by atoms with Crippen LogP contribution in [0.2, 0.25) is 0 Å². The second-order valence-corrected chi connectivity index (χ2v) is 3.54. The lowest BCUT2D eigenvalue weighted by atomic mass is 10.0. The number of hydrogen-bond acceptors (Lipinski definition) is 4. The van der Waals surface area contributed by atoms with Gasteiger partial charge in [-0.1, -0.05) is 12.1 Å². The molecule has 6 heteroatoms. The van der Waals surface area contributed by atoms with Crippen LogP contribution in [0.1, 0.15) is 35.3 Å². The number of ether oxygens (including phenoxy) is 1. The lowest BCUT2D eigenvalue weighted by Gasteiger charge is -2.11. The van der Waals surface area contributed by atoms with Crippen LogP contribution < -0.4 is 5.73 Å². The number of esters is 1. The van der Waals surface area contributed by atoms with Crippen LogP contribution in [-0.2, 0) is 9.53 Å². The summed E-state index contributed by atoms with van der Waals surface area (Å²) in [6.07, 6.45) is 0.0836. The number of benzene rings is 1. The summed E-state index contributed by atoms with van der Waals surface area (Å²) in [5, 5.41) is 8.72. The zero-order valence-electron chi connectivity index (χ0n) is 9.96. The number of nitrogens with two attached hydrogens (primary N) is 1. The highest BCUT2D eigenvalue weighted by molar-refractivity contribution is 5.87. The quantitative estimate of drug-likeness (QED) is 0.798. The Morgan fingerprint density at radius 1 is 1.33 bits per heavy atom. The van der Waals surface area contributed by atoms with Crippen molar-refractivity contribution in [3.8, 4) is 0 Å². The third-order valence-corrected chi connectivity index (χ3v) is 2.28. The van der Waals surface area contributed by atoms with E-state index in [-0.39, 0.29) is 30.4 Å². The van der Waals surface area contributed by atoms with E-state index in [2.05, 4.69) is 0 Å². The molecule has 0 radical (unpaired) electrons. The lowest BCUT2D eigenvalue weighted by Crippen LogP contribution is -2.17. The molecule has 18 heavy (non-hydrogen) atoms. The van der Waals surface area contributed by atoms with Gasteiger partial charge in [0, 0.05) is 6.04 Å². The van der Waals surface area contributed by atoms with Gasteiger partial charge in [0.05, 0.1) is 18.6 Å². The highest BCUT2D eigenvalue weighted by atomic mass is 35.5. The van der Waals surface area contributed by atoms with Crippen molar-refractivity contribution < 1.29 is 19.4 Å². The highest BCUT2D eigenvalue weighted by Crippen LogP contribution is 2.15. The molecule has 0 saturated carbocycles. The van der Waals surface area contributed by atoms with Gasteiger partial charge in [-0.25, -0.2) is 4.79 Å². The first-order valence-corrected chi connectivity index (χ1v) is 5.29. The van der Waals surface area contributed by atoms with Crippen LogP contribution in [0.15, 0.2) is 24.3 Å². The molecule has 1 aromatic carbocycles. The van der Waals surface area contributed by atoms with Crippen LogP contribution in [0.3, 0.4) is 0 Å². The first-order valence-electron chi connectivity index (χ1n) is 5.29. The van der Waals surface area contributed by atoms with Crippen LogP contribution in [-0.4, -0.2) is 23.7 Å². The smallest absolute Gasteiger partial charge is 0.335 e. The molecule has 1 aromatic rings. The van der Waals surface area contributed by atoms with Gasteiger partial charge in [-0.2, -0.15) is 0 Å². The number of halogens is 1. The van der Waals surface area contributed by atoms with E-state index in [1.807, 2.05) is 0 Å². The van der Waals surface area contributed by atoms with Gasteiger partial charge < -0.3 is 15.6 Å². The Morgan fingerprint density at radius 2 is 1.89 bits per heavy atom. The van der Waals surface area contributed by atoms with Crippen molar-refractivity contribution >= 4 is 24.3 Å². The number of carbonyl (C=O) groups excluding carboxylic acids is 1. The molecule has 0 saturated heterocycles. The maximum Gasteiger partial charge on any atom is 0.335 e. The summed E-state index contributed by atoms with van der Waals surface area (Å²) >= 11 is 0. The predicted molar refractivity (Wildman–Crippen MR) is 68.8 cm³/mol. The average Bonchev–Trinajstić information content (AvgIpc) is 2.29. The number of aromatic carboxylic acids is 1. The minimum atomic E-state index is -0.990. The van der Waals surface area contributed by atoms with Crippen molar-refractivity contribution in [2.24, 2.45) is 5.73 Å². The average molecular weight is 274 g/mol. The van der Waals surface area contributed by atoms with E-state index in [9.17, 15) is 9.59 Å². The van der Waals surface area contributed by atoms with Crippen molar-refractivity contribution in [1.82, 2.24) is 0 Å². The third-order valence-electron chi connectivity index (χ3n) is 2.28. The highest BCUT2D eigenvalue weighted by Gasteiger charge is 2.13. The summed E-state index contributed by atoms with van der Waals surface area (Å²) in [6, 6.07) is 5.66. The molecule has 0 spiro atoms. The maximum absolute atomic E-state index is 11.2. The zero-order chi connectivity index (χ0) is 12.8. The fourth-order valence-corrected chi connectivity index (χ4v) is 1.39. The maximum atomic E-state index is 11.2. The van der Waals surface area contributed by atoms with Gasteiger partial charge in [-0.3, -0.25) is 4.79 Å². The fraction of sp³-hybridized carbons (Fsp3) is 0.333. The summed E-state index contributed by atoms with van der Waals surface area (Å²) in [5.74, 6) is -1.35. The Balaban J connectivity index is 0.00000289. The van der Waals surface area contributed by atoms with E-state index in [1.54, 1.807) is 19.1 Å². The molecule has 0 unspecified atom stereocenters. The first kappa shape index (κ1) is 16.4. The largest absolute Gasteiger partial charge is 0.478 e. The molecule has 0 aliphatic rings. The Labute approximate surface area is 111 Å². The van der Waals surface area contributed by atoms with Crippen molar-refractivity contribution in [3.05, 3.63) is 35.4 Å². The molecule has 1 rings (SSSR count). The molecule has 0 aliphatic heterocycles. The number of carboxylic acids is 1. The van der Waals surface area contributed by atoms with Crippen molar-refractivity contribution in [2.45, 2.75) is 19.4 Å². The molecule has 1 atom stereocenters. The van der Waals surface area contributed by atoms with Gasteiger partial charge in [0.1, 0.15) is 0 Å².